The number of carbonyl (C=O) groups is 2. The molecule has 2 aliphatic rings. The van der Waals surface area contributed by atoms with E-state index in [0.29, 0.717) is 23.2 Å². The highest BCUT2D eigenvalue weighted by Crippen LogP contribution is 2.41. The van der Waals surface area contributed by atoms with Gasteiger partial charge in [0.15, 0.2) is 15.6 Å². The zero-order chi connectivity index (χ0) is 26.0. The van der Waals surface area contributed by atoms with Crippen LogP contribution in [0.4, 0.5) is 4.39 Å². The van der Waals surface area contributed by atoms with Crippen LogP contribution in [0.5, 0.6) is 5.88 Å². The van der Waals surface area contributed by atoms with Gasteiger partial charge in [-0.15, -0.1) is 0 Å². The van der Waals surface area contributed by atoms with Gasteiger partial charge in [-0.2, -0.15) is 5.10 Å². The molecule has 8 nitrogen and oxygen atoms in total. The van der Waals surface area contributed by atoms with Crippen LogP contribution in [0.25, 0.3) is 0 Å². The first kappa shape index (κ1) is 26.5. The Bertz CT molecular complexity index is 1260. The Labute approximate surface area is 211 Å². The largest absolute Gasteiger partial charge is 0.407 e. The van der Waals surface area contributed by atoms with Gasteiger partial charge in [0.25, 0.3) is 0 Å². The Kier molecular flexibility index (Phi) is 7.94. The van der Waals surface area contributed by atoms with Gasteiger partial charge in [-0.25, -0.2) is 17.5 Å². The van der Waals surface area contributed by atoms with E-state index in [1.165, 1.54) is 10.9 Å². The molecule has 0 bridgehead atoms. The van der Waals surface area contributed by atoms with Crippen LogP contribution in [-0.2, 0) is 25.9 Å². The summed E-state index contributed by atoms with van der Waals surface area (Å²) in [6.07, 6.45) is 5.51. The first-order valence-corrected chi connectivity index (χ1v) is 14.2. The van der Waals surface area contributed by atoms with Crippen LogP contribution in [0.15, 0.2) is 17.2 Å². The van der Waals surface area contributed by atoms with Gasteiger partial charge in [-0.3, -0.25) is 9.59 Å². The van der Waals surface area contributed by atoms with Crippen molar-refractivity contribution in [1.82, 2.24) is 9.78 Å². The van der Waals surface area contributed by atoms with E-state index in [0.717, 1.165) is 32.1 Å². The molecule has 0 N–H and O–H groups in total. The van der Waals surface area contributed by atoms with Gasteiger partial charge in [0.05, 0.1) is 35.5 Å². The average molecular weight is 521 g/mol. The number of hydrogen-bond acceptors (Lipinski definition) is 7. The number of fused-ring (bicyclic) bond motifs is 1. The summed E-state index contributed by atoms with van der Waals surface area (Å²) < 4.78 is 51.5. The molecule has 1 fully saturated rings. The lowest BCUT2D eigenvalue weighted by molar-refractivity contribution is -0.140. The SMILES string of the molecule is CCn1ncc(C(=O)c2cc(C)c3c(c2C)C(OCCF)CCS3(=O)=O)c1OC(=O)C1CCCCC1. The molecule has 4 rings (SSSR count). The fourth-order valence-electron chi connectivity index (χ4n) is 5.34. The highest BCUT2D eigenvalue weighted by molar-refractivity contribution is 7.91. The molecule has 10 heteroatoms. The topological polar surface area (TPSA) is 105 Å². The normalized spacial score (nSPS) is 19.6. The number of halogens is 1. The van der Waals surface area contributed by atoms with Crippen molar-refractivity contribution in [3.8, 4) is 5.88 Å². The van der Waals surface area contributed by atoms with Gasteiger partial charge < -0.3 is 9.47 Å². The van der Waals surface area contributed by atoms with E-state index >= 15 is 0 Å². The highest BCUT2D eigenvalue weighted by Gasteiger charge is 2.36. The van der Waals surface area contributed by atoms with E-state index in [9.17, 15) is 22.4 Å². The predicted molar refractivity (Wildman–Crippen MR) is 131 cm³/mol. The molecule has 0 radical (unpaired) electrons. The number of carbonyl (C=O) groups excluding carboxylic acids is 2. The number of hydrogen-bond donors (Lipinski definition) is 0. The Hall–Kier alpha value is -2.59. The number of aryl methyl sites for hydroxylation is 2. The monoisotopic (exact) mass is 520 g/mol. The minimum atomic E-state index is -3.57. The average Bonchev–Trinajstić information content (AvgIpc) is 3.27. The predicted octanol–water partition coefficient (Wildman–Crippen LogP) is 4.44. The number of aromatic nitrogens is 2. The van der Waals surface area contributed by atoms with E-state index in [-0.39, 0.29) is 52.6 Å². The minimum absolute atomic E-state index is 0.102. The van der Waals surface area contributed by atoms with Crippen molar-refractivity contribution in [2.45, 2.75) is 76.8 Å². The standard InChI is InChI=1S/C26H33FN2O6S/c1-4-29-25(35-26(31)18-8-6-5-7-9-18)20(15-28-29)23(30)19-14-16(2)24-22(17(19)3)21(34-12-11-27)10-13-36(24,32)33/h14-15,18,21H,4-13H2,1-3H3. The van der Waals surface area contributed by atoms with Crippen molar-refractivity contribution in [2.75, 3.05) is 19.0 Å². The van der Waals surface area contributed by atoms with Crippen LogP contribution in [-0.4, -0.2) is 49.0 Å². The maximum Gasteiger partial charge on any atom is 0.315 e. The third-order valence-electron chi connectivity index (χ3n) is 7.17. The van der Waals surface area contributed by atoms with Crippen LogP contribution < -0.4 is 4.74 Å². The molecule has 1 aromatic carbocycles. The van der Waals surface area contributed by atoms with Crippen LogP contribution >= 0.6 is 0 Å². The second kappa shape index (κ2) is 10.8. The fourth-order valence-corrected chi connectivity index (χ4v) is 7.24. The summed E-state index contributed by atoms with van der Waals surface area (Å²) in [7, 11) is -3.57. The molecule has 0 saturated heterocycles. The molecule has 1 unspecified atom stereocenters. The van der Waals surface area contributed by atoms with Crippen LogP contribution in [0, 0.1) is 19.8 Å². The van der Waals surface area contributed by atoms with Gasteiger partial charge >= 0.3 is 5.97 Å². The van der Waals surface area contributed by atoms with Gasteiger partial charge in [0.2, 0.25) is 5.88 Å². The van der Waals surface area contributed by atoms with E-state index in [1.807, 2.05) is 6.92 Å². The Morgan fingerprint density at radius 3 is 2.53 bits per heavy atom. The van der Waals surface area contributed by atoms with Crippen LogP contribution in [0.2, 0.25) is 0 Å². The van der Waals surface area contributed by atoms with Crippen LogP contribution in [0.1, 0.15) is 84.2 Å². The molecule has 1 aliphatic heterocycles. The van der Waals surface area contributed by atoms with Crippen molar-refractivity contribution in [3.63, 3.8) is 0 Å². The Morgan fingerprint density at radius 2 is 1.86 bits per heavy atom. The quantitative estimate of drug-likeness (QED) is 0.374. The maximum atomic E-state index is 13.8. The summed E-state index contributed by atoms with van der Waals surface area (Å²) in [5, 5.41) is 4.25. The van der Waals surface area contributed by atoms with Gasteiger partial charge in [-0.1, -0.05) is 19.3 Å². The van der Waals surface area contributed by atoms with Gasteiger partial charge in [0.1, 0.15) is 12.2 Å². The number of rotatable bonds is 8. The van der Waals surface area contributed by atoms with E-state index in [2.05, 4.69) is 5.10 Å². The molecule has 196 valence electrons. The van der Waals surface area contributed by atoms with Crippen molar-refractivity contribution in [1.29, 1.82) is 0 Å². The van der Waals surface area contributed by atoms with E-state index in [1.54, 1.807) is 19.9 Å². The van der Waals surface area contributed by atoms with Crippen molar-refractivity contribution in [3.05, 3.63) is 40.1 Å². The van der Waals surface area contributed by atoms with Gasteiger partial charge in [-0.05, 0) is 57.2 Å². The lowest BCUT2D eigenvalue weighted by Crippen LogP contribution is -2.26. The van der Waals surface area contributed by atoms with Crippen molar-refractivity contribution in [2.24, 2.45) is 5.92 Å². The molecule has 0 amide bonds. The Morgan fingerprint density at radius 1 is 1.14 bits per heavy atom. The number of nitrogens with zero attached hydrogens (tertiary/aromatic N) is 2. The summed E-state index contributed by atoms with van der Waals surface area (Å²) in [6, 6.07) is 1.56. The van der Waals surface area contributed by atoms with Gasteiger partial charge in [0, 0.05) is 17.7 Å². The second-order valence-corrected chi connectivity index (χ2v) is 11.6. The number of esters is 1. The second-order valence-electron chi connectivity index (χ2n) is 9.53. The summed E-state index contributed by atoms with van der Waals surface area (Å²) in [4.78, 5) is 26.8. The molecule has 2 heterocycles. The highest BCUT2D eigenvalue weighted by atomic mass is 32.2. The number of ketones is 1. The lowest BCUT2D eigenvalue weighted by atomic mass is 9.89. The zero-order valence-corrected chi connectivity index (χ0v) is 21.8. The molecular formula is C26H33FN2O6S. The summed E-state index contributed by atoms with van der Waals surface area (Å²) >= 11 is 0. The maximum absolute atomic E-state index is 13.8. The first-order chi connectivity index (χ1) is 17.2. The third kappa shape index (κ3) is 4.98. The molecule has 1 aromatic heterocycles. The van der Waals surface area contributed by atoms with E-state index < -0.39 is 28.4 Å². The molecular weight excluding hydrogens is 487 g/mol. The zero-order valence-electron chi connectivity index (χ0n) is 21.0. The molecule has 0 spiro atoms. The summed E-state index contributed by atoms with van der Waals surface area (Å²) in [6.45, 7) is 4.71. The van der Waals surface area contributed by atoms with Crippen LogP contribution in [0.3, 0.4) is 0 Å². The van der Waals surface area contributed by atoms with Crippen molar-refractivity contribution < 1.29 is 31.9 Å². The number of ether oxygens (including phenoxy) is 2. The third-order valence-corrected chi connectivity index (χ3v) is 9.10. The van der Waals surface area contributed by atoms with E-state index in [4.69, 9.17) is 9.47 Å². The number of alkyl halides is 1. The smallest absolute Gasteiger partial charge is 0.315 e. The van der Waals surface area contributed by atoms with Crippen molar-refractivity contribution >= 4 is 21.6 Å². The molecule has 1 saturated carbocycles. The lowest BCUT2D eigenvalue weighted by Gasteiger charge is -2.29. The molecule has 2 aromatic rings. The number of sulfone groups is 1. The number of benzene rings is 1. The Balaban J connectivity index is 1.75. The minimum Gasteiger partial charge on any atom is -0.407 e. The molecule has 1 aliphatic carbocycles. The summed E-state index contributed by atoms with van der Waals surface area (Å²) in [5.41, 5.74) is 1.71. The first-order valence-electron chi connectivity index (χ1n) is 12.6. The fraction of sp³-hybridized carbons (Fsp3) is 0.577. The molecule has 1 atom stereocenters. The molecule has 36 heavy (non-hydrogen) atoms. The summed E-state index contributed by atoms with van der Waals surface area (Å²) in [5.74, 6) is -0.978.